The van der Waals surface area contributed by atoms with Crippen molar-refractivity contribution in [2.45, 2.75) is 14.3 Å². The van der Waals surface area contributed by atoms with Gasteiger partial charge in [-0.3, -0.25) is 0 Å². The van der Waals surface area contributed by atoms with Gasteiger partial charge in [-0.25, -0.2) is 9.59 Å². The number of carbonyl (C=O) groups excluding carboxylic acids is 2. The van der Waals surface area contributed by atoms with E-state index in [0.717, 1.165) is 0 Å². The molecule has 0 aliphatic carbocycles. The molecule has 2 atom stereocenters. The lowest BCUT2D eigenvalue weighted by molar-refractivity contribution is -0.149. The van der Waals surface area contributed by atoms with Crippen LogP contribution in [0.4, 0.5) is 0 Å². The Morgan fingerprint density at radius 3 is 1.94 bits per heavy atom. The van der Waals surface area contributed by atoms with Gasteiger partial charge in [-0.15, -0.1) is 0 Å². The summed E-state index contributed by atoms with van der Waals surface area (Å²) in [6.45, 7) is -0.691. The first-order chi connectivity index (χ1) is 7.34. The van der Waals surface area contributed by atoms with Gasteiger partial charge in [-0.2, -0.15) is 0 Å². The molecular weight excluding hydrogens is 397 g/mol. The molecule has 0 heterocycles. The summed E-state index contributed by atoms with van der Waals surface area (Å²) in [4.78, 5) is 20.3. The van der Waals surface area contributed by atoms with Gasteiger partial charge < -0.3 is 14.6 Å². The van der Waals surface area contributed by atoms with Crippen LogP contribution in [0.3, 0.4) is 0 Å². The molecule has 16 heavy (non-hydrogen) atoms. The van der Waals surface area contributed by atoms with E-state index in [4.69, 9.17) is 34.8 Å². The highest BCUT2D eigenvalue weighted by atomic mass is 127. The zero-order valence-electron chi connectivity index (χ0n) is 7.74. The Balaban J connectivity index is 3.71. The Kier molecular flexibility index (Phi) is 8.84. The summed E-state index contributed by atoms with van der Waals surface area (Å²) < 4.78 is 8.22. The number of esters is 2. The van der Waals surface area contributed by atoms with E-state index in [9.17, 15) is 14.7 Å². The molecular formula is C7H8Cl3IO5. The van der Waals surface area contributed by atoms with Crippen molar-refractivity contribution in [1.82, 2.24) is 0 Å². The van der Waals surface area contributed by atoms with Crippen LogP contribution in [-0.2, 0) is 19.1 Å². The first-order valence-corrected chi connectivity index (χ1v) is 6.47. The quantitative estimate of drug-likeness (QED) is 0.409. The van der Waals surface area contributed by atoms with Crippen molar-refractivity contribution >= 4 is 69.3 Å². The molecule has 0 aliphatic heterocycles. The average Bonchev–Trinajstić information content (AvgIpc) is 2.21. The zero-order valence-corrected chi connectivity index (χ0v) is 12.2. The van der Waals surface area contributed by atoms with Crippen LogP contribution in [0.5, 0.6) is 0 Å². The smallest absolute Gasteiger partial charge is 0.339 e. The summed E-state index contributed by atoms with van der Waals surface area (Å²) in [5.41, 5.74) is 0. The Morgan fingerprint density at radius 1 is 1.12 bits per heavy atom. The summed E-state index contributed by atoms with van der Waals surface area (Å²) in [6.07, 6.45) is -1.15. The lowest BCUT2D eigenvalue weighted by Gasteiger charge is -2.12. The third-order valence-electron chi connectivity index (χ3n) is 1.19. The first kappa shape index (κ1) is 16.5. The number of alkyl halides is 4. The third-order valence-corrected chi connectivity index (χ3v) is 2.24. The lowest BCUT2D eigenvalue weighted by Crippen LogP contribution is -2.27. The summed E-state index contributed by atoms with van der Waals surface area (Å²) in [6, 6.07) is 0. The number of aliphatic hydroxyl groups excluding tert-OH is 1. The second kappa shape index (κ2) is 8.57. The van der Waals surface area contributed by atoms with Gasteiger partial charge in [-0.1, -0.05) is 57.4 Å². The van der Waals surface area contributed by atoms with Gasteiger partial charge in [0.05, 0.1) is 0 Å². The van der Waals surface area contributed by atoms with Crippen LogP contribution in [0.15, 0.2) is 0 Å². The van der Waals surface area contributed by atoms with Crippen molar-refractivity contribution in [3.8, 4) is 0 Å². The molecule has 0 aromatic rings. The number of aliphatic hydroxyl groups is 1. The topological polar surface area (TPSA) is 72.8 Å². The molecule has 0 amide bonds. The maximum atomic E-state index is 10.9. The van der Waals surface area contributed by atoms with Crippen molar-refractivity contribution in [3.63, 3.8) is 0 Å². The maximum absolute atomic E-state index is 10.9. The fourth-order valence-electron chi connectivity index (χ4n) is 0.531. The van der Waals surface area contributed by atoms with Gasteiger partial charge >= 0.3 is 11.9 Å². The molecule has 1 N–H and O–H groups in total. The Bertz CT molecular complexity index is 224. The van der Waals surface area contributed by atoms with Gasteiger partial charge in [0.15, 0.2) is 3.38 Å². The molecule has 0 saturated heterocycles. The largest absolute Gasteiger partial charge is 0.461 e. The van der Waals surface area contributed by atoms with E-state index in [1.54, 1.807) is 22.6 Å². The van der Waals surface area contributed by atoms with Crippen molar-refractivity contribution in [1.29, 1.82) is 0 Å². The van der Waals surface area contributed by atoms with E-state index in [-0.39, 0.29) is 13.2 Å². The van der Waals surface area contributed by atoms with Crippen LogP contribution in [0, 0.1) is 0 Å². The number of carbonyl (C=O) groups is 2. The zero-order chi connectivity index (χ0) is 12.7. The van der Waals surface area contributed by atoms with Crippen molar-refractivity contribution in [2.24, 2.45) is 0 Å². The van der Waals surface area contributed by atoms with Crippen LogP contribution < -0.4 is 0 Å². The standard InChI is InChI=1S/C7H8Cl3IO5/c8-4(9)6(13)15-1-3(12)2-16-7(14)5(10)11/h3-5,12H,1-2H2. The molecule has 0 radical (unpaired) electrons. The molecule has 0 spiro atoms. The monoisotopic (exact) mass is 404 g/mol. The van der Waals surface area contributed by atoms with Crippen LogP contribution in [0.1, 0.15) is 0 Å². The van der Waals surface area contributed by atoms with Crippen LogP contribution >= 0.6 is 57.4 Å². The molecule has 0 bridgehead atoms. The normalized spacial score (nSPS) is 14.4. The molecule has 0 aromatic heterocycles. The SMILES string of the molecule is O=C(OCC(O)COC(=O)C(Cl)I)C(Cl)Cl. The van der Waals surface area contributed by atoms with E-state index in [0.29, 0.717) is 0 Å². The van der Waals surface area contributed by atoms with Gasteiger partial charge in [0.25, 0.3) is 0 Å². The van der Waals surface area contributed by atoms with Gasteiger partial charge in [0.2, 0.25) is 4.84 Å². The molecule has 0 aromatic carbocycles. The molecule has 2 unspecified atom stereocenters. The number of rotatable bonds is 6. The summed E-state index contributed by atoms with van der Waals surface area (Å²) >= 11 is 17.4. The van der Waals surface area contributed by atoms with E-state index in [2.05, 4.69) is 9.47 Å². The number of hydrogen-bond acceptors (Lipinski definition) is 5. The molecule has 0 rings (SSSR count). The van der Waals surface area contributed by atoms with Crippen LogP contribution in [0.25, 0.3) is 0 Å². The van der Waals surface area contributed by atoms with Gasteiger partial charge in [0.1, 0.15) is 19.3 Å². The first-order valence-electron chi connectivity index (χ1n) is 3.92. The minimum absolute atomic E-state index is 0.326. The summed E-state index contributed by atoms with van der Waals surface area (Å²) in [5.74, 6) is -1.56. The second-order valence-corrected chi connectivity index (χ2v) is 6.03. The Labute approximate surface area is 120 Å². The number of halogens is 4. The van der Waals surface area contributed by atoms with Gasteiger partial charge in [0, 0.05) is 0 Å². The Hall–Kier alpha value is 0.500. The Morgan fingerprint density at radius 2 is 1.56 bits per heavy atom. The van der Waals surface area contributed by atoms with Gasteiger partial charge in [-0.05, 0) is 0 Å². The molecule has 0 aliphatic rings. The average molecular weight is 405 g/mol. The molecule has 5 nitrogen and oxygen atoms in total. The lowest BCUT2D eigenvalue weighted by atomic mass is 10.4. The summed E-state index contributed by atoms with van der Waals surface area (Å²) in [5, 5.41) is 9.22. The minimum atomic E-state index is -1.31. The van der Waals surface area contributed by atoms with Crippen LogP contribution in [0.2, 0.25) is 0 Å². The molecule has 94 valence electrons. The highest BCUT2D eigenvalue weighted by Gasteiger charge is 2.18. The summed E-state index contributed by atoms with van der Waals surface area (Å²) in [7, 11) is 0. The van der Waals surface area contributed by atoms with E-state index >= 15 is 0 Å². The highest BCUT2D eigenvalue weighted by Crippen LogP contribution is 2.08. The van der Waals surface area contributed by atoms with E-state index in [1.165, 1.54) is 0 Å². The third kappa shape index (κ3) is 7.72. The molecule has 0 saturated carbocycles. The minimum Gasteiger partial charge on any atom is -0.461 e. The molecule has 0 fully saturated rings. The molecule has 9 heteroatoms. The van der Waals surface area contributed by atoms with Crippen molar-refractivity contribution in [2.75, 3.05) is 13.2 Å². The number of ether oxygens (including phenoxy) is 2. The second-order valence-electron chi connectivity index (χ2n) is 2.52. The van der Waals surface area contributed by atoms with Crippen molar-refractivity contribution < 1.29 is 24.2 Å². The van der Waals surface area contributed by atoms with Crippen LogP contribution in [-0.4, -0.2) is 44.6 Å². The number of hydrogen-bond donors (Lipinski definition) is 1. The van der Waals surface area contributed by atoms with E-state index in [1.807, 2.05) is 0 Å². The van der Waals surface area contributed by atoms with E-state index < -0.39 is 26.3 Å². The fourth-order valence-corrected chi connectivity index (χ4v) is 0.900. The fraction of sp³-hybridized carbons (Fsp3) is 0.714. The predicted molar refractivity (Wildman–Crippen MR) is 67.1 cm³/mol. The maximum Gasteiger partial charge on any atom is 0.339 e. The predicted octanol–water partition coefficient (Wildman–Crippen LogP) is 1.24. The van der Waals surface area contributed by atoms with Crippen molar-refractivity contribution in [3.05, 3.63) is 0 Å². The highest BCUT2D eigenvalue weighted by molar-refractivity contribution is 14.1.